The fourth-order valence-electron chi connectivity index (χ4n) is 3.69. The van der Waals surface area contributed by atoms with E-state index in [-0.39, 0.29) is 5.56 Å². The van der Waals surface area contributed by atoms with Gasteiger partial charge in [0.05, 0.1) is 6.54 Å². The highest BCUT2D eigenvalue weighted by atomic mass is 32.2. The molecule has 3 aliphatic heterocycles. The Labute approximate surface area is 122 Å². The number of aliphatic imine (C=N–C) groups is 1. The molecule has 20 heavy (non-hydrogen) atoms. The molecule has 5 heteroatoms. The lowest BCUT2D eigenvalue weighted by Gasteiger charge is -2.43. The Balaban J connectivity index is 1.64. The number of pyridine rings is 1. The topological polar surface area (TPSA) is 37.6 Å². The van der Waals surface area contributed by atoms with E-state index >= 15 is 0 Å². The summed E-state index contributed by atoms with van der Waals surface area (Å²) in [6.45, 7) is 6.12. The van der Waals surface area contributed by atoms with E-state index < -0.39 is 0 Å². The van der Waals surface area contributed by atoms with E-state index in [2.05, 4.69) is 22.9 Å². The van der Waals surface area contributed by atoms with Crippen molar-refractivity contribution in [3.63, 3.8) is 0 Å². The summed E-state index contributed by atoms with van der Waals surface area (Å²) in [6, 6.07) is 5.70. The van der Waals surface area contributed by atoms with E-state index in [1.807, 2.05) is 22.4 Å². The van der Waals surface area contributed by atoms with Gasteiger partial charge < -0.3 is 9.47 Å². The quantitative estimate of drug-likeness (QED) is 0.730. The number of hydrogen-bond acceptors (Lipinski definition) is 4. The summed E-state index contributed by atoms with van der Waals surface area (Å²) < 4.78 is 1.99. The lowest BCUT2D eigenvalue weighted by atomic mass is 9.83. The first-order chi connectivity index (χ1) is 9.70. The van der Waals surface area contributed by atoms with E-state index in [4.69, 9.17) is 0 Å². The summed E-state index contributed by atoms with van der Waals surface area (Å²) in [5, 5.41) is 1.83. The van der Waals surface area contributed by atoms with Crippen molar-refractivity contribution in [1.82, 2.24) is 9.47 Å². The molecule has 0 unspecified atom stereocenters. The molecule has 0 N–H and O–H groups in total. The minimum Gasteiger partial charge on any atom is -0.350 e. The smallest absolute Gasteiger partial charge is 0.250 e. The van der Waals surface area contributed by atoms with Crippen LogP contribution in [0.2, 0.25) is 0 Å². The third-order valence-corrected chi connectivity index (χ3v) is 5.69. The van der Waals surface area contributed by atoms with E-state index in [1.165, 1.54) is 17.3 Å². The highest BCUT2D eigenvalue weighted by Gasteiger charge is 2.36. The Morgan fingerprint density at radius 1 is 1.30 bits per heavy atom. The molecule has 2 bridgehead atoms. The van der Waals surface area contributed by atoms with Crippen molar-refractivity contribution in [2.45, 2.75) is 31.1 Å². The molecule has 4 rings (SSSR count). The minimum absolute atomic E-state index is 0.159. The Morgan fingerprint density at radius 3 is 3.00 bits per heavy atom. The van der Waals surface area contributed by atoms with E-state index in [9.17, 15) is 4.79 Å². The molecule has 1 fully saturated rings. The Kier molecular flexibility index (Phi) is 2.91. The minimum atomic E-state index is 0.159. The fraction of sp³-hybridized carbons (Fsp3) is 0.600. The molecular formula is C15H19N3OS. The molecule has 0 aromatic carbocycles. The first-order valence-electron chi connectivity index (χ1n) is 7.36. The molecule has 0 radical (unpaired) electrons. The second-order valence-electron chi connectivity index (χ2n) is 6.15. The first-order valence-corrected chi connectivity index (χ1v) is 8.24. The SMILES string of the molecule is C[C@@H]1CN=C(N2C[C@H]3C[C@@H](C2)c2cccc(=O)n2C3)S1. The van der Waals surface area contributed by atoms with Crippen molar-refractivity contribution >= 4 is 16.9 Å². The van der Waals surface area contributed by atoms with Crippen molar-refractivity contribution in [1.29, 1.82) is 0 Å². The lowest BCUT2D eigenvalue weighted by Crippen LogP contribution is -2.48. The molecule has 3 aliphatic rings. The van der Waals surface area contributed by atoms with Crippen LogP contribution in [0.3, 0.4) is 0 Å². The summed E-state index contributed by atoms with van der Waals surface area (Å²) in [4.78, 5) is 19.1. The van der Waals surface area contributed by atoms with Crippen LogP contribution in [0.4, 0.5) is 0 Å². The second kappa shape index (κ2) is 4.65. The molecule has 0 saturated carbocycles. The van der Waals surface area contributed by atoms with Gasteiger partial charge in [-0.15, -0.1) is 0 Å². The van der Waals surface area contributed by atoms with Gasteiger partial charge in [-0.3, -0.25) is 9.79 Å². The van der Waals surface area contributed by atoms with Crippen LogP contribution in [-0.2, 0) is 6.54 Å². The standard InChI is InChI=1S/C15H19N3OS/c1-10-6-16-15(20-10)17-7-11-5-12(9-17)13-3-2-4-14(19)18(13)8-11/h2-4,10-12H,5-9H2,1H3/t10-,11-,12+/m1/s1. The van der Waals surface area contributed by atoms with Gasteiger partial charge in [-0.2, -0.15) is 0 Å². The van der Waals surface area contributed by atoms with Gasteiger partial charge in [-0.25, -0.2) is 0 Å². The molecule has 4 heterocycles. The predicted octanol–water partition coefficient (Wildman–Crippen LogP) is 1.76. The highest BCUT2D eigenvalue weighted by molar-refractivity contribution is 8.14. The zero-order valence-corrected chi connectivity index (χ0v) is 12.5. The van der Waals surface area contributed by atoms with Crippen molar-refractivity contribution < 1.29 is 0 Å². The molecule has 0 amide bonds. The average Bonchev–Trinajstić information content (AvgIpc) is 2.87. The van der Waals surface area contributed by atoms with Crippen LogP contribution < -0.4 is 5.56 Å². The van der Waals surface area contributed by atoms with Gasteiger partial charge in [-0.05, 0) is 18.4 Å². The van der Waals surface area contributed by atoms with Gasteiger partial charge in [0.25, 0.3) is 5.56 Å². The molecule has 4 nitrogen and oxygen atoms in total. The summed E-state index contributed by atoms with van der Waals surface area (Å²) >= 11 is 1.90. The normalized spacial score (nSPS) is 31.9. The van der Waals surface area contributed by atoms with Crippen LogP contribution in [0, 0.1) is 5.92 Å². The van der Waals surface area contributed by atoms with Crippen LogP contribution in [0.1, 0.15) is 25.0 Å². The van der Waals surface area contributed by atoms with Gasteiger partial charge in [0.1, 0.15) is 0 Å². The van der Waals surface area contributed by atoms with Gasteiger partial charge in [0.15, 0.2) is 5.17 Å². The van der Waals surface area contributed by atoms with Crippen molar-refractivity contribution in [3.05, 3.63) is 34.2 Å². The number of rotatable bonds is 0. The number of aromatic nitrogens is 1. The van der Waals surface area contributed by atoms with Crippen LogP contribution in [0.15, 0.2) is 28.0 Å². The number of hydrogen-bond donors (Lipinski definition) is 0. The van der Waals surface area contributed by atoms with Crippen molar-refractivity contribution in [2.75, 3.05) is 19.6 Å². The molecule has 1 saturated heterocycles. The summed E-state index contributed by atoms with van der Waals surface area (Å²) in [5.41, 5.74) is 1.38. The van der Waals surface area contributed by atoms with E-state index in [0.29, 0.717) is 17.1 Å². The average molecular weight is 289 g/mol. The Bertz CT molecular complexity index is 624. The third-order valence-electron chi connectivity index (χ3n) is 4.54. The molecule has 0 aliphatic carbocycles. The third kappa shape index (κ3) is 1.99. The lowest BCUT2D eigenvalue weighted by molar-refractivity contribution is 0.181. The molecular weight excluding hydrogens is 270 g/mol. The predicted molar refractivity (Wildman–Crippen MR) is 82.5 cm³/mol. The largest absolute Gasteiger partial charge is 0.350 e. The maximum Gasteiger partial charge on any atom is 0.250 e. The maximum atomic E-state index is 12.0. The van der Waals surface area contributed by atoms with Crippen LogP contribution in [0.5, 0.6) is 0 Å². The number of fused-ring (bicyclic) bond motifs is 4. The number of amidine groups is 1. The van der Waals surface area contributed by atoms with Crippen molar-refractivity contribution in [2.24, 2.45) is 10.9 Å². The number of thioether (sulfide) groups is 1. The zero-order valence-electron chi connectivity index (χ0n) is 11.7. The molecule has 1 aromatic heterocycles. The second-order valence-corrected chi connectivity index (χ2v) is 7.56. The first kappa shape index (κ1) is 12.5. The summed E-state index contributed by atoms with van der Waals surface area (Å²) in [6.07, 6.45) is 1.22. The van der Waals surface area contributed by atoms with Crippen molar-refractivity contribution in [3.8, 4) is 0 Å². The number of piperidine rings is 1. The van der Waals surface area contributed by atoms with Gasteiger partial charge >= 0.3 is 0 Å². The molecule has 106 valence electrons. The summed E-state index contributed by atoms with van der Waals surface area (Å²) in [5.74, 6) is 1.07. The van der Waals surface area contributed by atoms with Gasteiger partial charge in [0, 0.05) is 42.6 Å². The van der Waals surface area contributed by atoms with E-state index in [1.54, 1.807) is 6.07 Å². The molecule has 0 spiro atoms. The highest BCUT2D eigenvalue weighted by Crippen LogP contribution is 2.37. The zero-order chi connectivity index (χ0) is 13.7. The monoisotopic (exact) mass is 289 g/mol. The van der Waals surface area contributed by atoms with E-state index in [0.717, 1.165) is 26.2 Å². The maximum absolute atomic E-state index is 12.0. The summed E-state index contributed by atoms with van der Waals surface area (Å²) in [7, 11) is 0. The Hall–Kier alpha value is -1.23. The fourth-order valence-corrected chi connectivity index (χ4v) is 4.64. The van der Waals surface area contributed by atoms with Crippen LogP contribution in [-0.4, -0.2) is 39.5 Å². The number of nitrogens with zero attached hydrogens (tertiary/aromatic N) is 3. The number of likely N-dealkylation sites (tertiary alicyclic amines) is 1. The molecule has 1 aromatic rings. The molecule has 3 atom stereocenters. The van der Waals surface area contributed by atoms with Crippen LogP contribution in [0.25, 0.3) is 0 Å². The van der Waals surface area contributed by atoms with Crippen LogP contribution >= 0.6 is 11.8 Å². The van der Waals surface area contributed by atoms with Gasteiger partial charge in [0.2, 0.25) is 0 Å². The van der Waals surface area contributed by atoms with Gasteiger partial charge in [-0.1, -0.05) is 24.8 Å². The Morgan fingerprint density at radius 2 is 2.20 bits per heavy atom.